The van der Waals surface area contributed by atoms with Gasteiger partial charge in [0.1, 0.15) is 5.75 Å². The average Bonchev–Trinajstić information content (AvgIpc) is 2.44. The maximum atomic E-state index is 11.9. The number of hydrogen-bond donors (Lipinski definition) is 2. The molecule has 7 heteroatoms. The first-order valence-corrected chi connectivity index (χ1v) is 7.77. The highest BCUT2D eigenvalue weighted by molar-refractivity contribution is 7.89. The lowest BCUT2D eigenvalue weighted by Crippen LogP contribution is -2.28. The number of sulfonamides is 1. The highest BCUT2D eigenvalue weighted by atomic mass is 32.2. The van der Waals surface area contributed by atoms with Crippen LogP contribution in [0.25, 0.3) is 10.9 Å². The van der Waals surface area contributed by atoms with Gasteiger partial charge in [-0.25, -0.2) is 13.1 Å². The number of fused-ring (bicyclic) bond motifs is 1. The third kappa shape index (κ3) is 3.17. The molecule has 1 aromatic carbocycles. The summed E-state index contributed by atoms with van der Waals surface area (Å²) in [7, 11) is -1.77. The van der Waals surface area contributed by atoms with Gasteiger partial charge in [-0.2, -0.15) is 0 Å². The quantitative estimate of drug-likeness (QED) is 0.860. The van der Waals surface area contributed by atoms with Gasteiger partial charge in [0, 0.05) is 23.0 Å². The summed E-state index contributed by atoms with van der Waals surface area (Å²) in [4.78, 5) is 14.6. The van der Waals surface area contributed by atoms with Crippen molar-refractivity contribution >= 4 is 20.9 Å². The van der Waals surface area contributed by atoms with Gasteiger partial charge in [-0.1, -0.05) is 0 Å². The van der Waals surface area contributed by atoms with Crippen LogP contribution in [0.4, 0.5) is 0 Å². The predicted octanol–water partition coefficient (Wildman–Crippen LogP) is 0.976. The molecule has 0 bridgehead atoms. The van der Waals surface area contributed by atoms with Crippen molar-refractivity contribution in [3.63, 3.8) is 0 Å². The second-order valence-corrected chi connectivity index (χ2v) is 6.40. The molecule has 1 heterocycles. The third-order valence-electron chi connectivity index (χ3n) is 2.99. The molecule has 2 N–H and O–H groups in total. The van der Waals surface area contributed by atoms with Gasteiger partial charge in [-0.05, 0) is 31.2 Å². The van der Waals surface area contributed by atoms with E-state index in [0.29, 0.717) is 16.8 Å². The number of aromatic amines is 1. The minimum Gasteiger partial charge on any atom is -0.497 e. The van der Waals surface area contributed by atoms with Crippen molar-refractivity contribution < 1.29 is 13.2 Å². The number of H-pyrrole nitrogens is 1. The van der Waals surface area contributed by atoms with E-state index in [4.69, 9.17) is 4.74 Å². The van der Waals surface area contributed by atoms with Gasteiger partial charge < -0.3 is 9.72 Å². The van der Waals surface area contributed by atoms with E-state index in [0.717, 1.165) is 5.39 Å². The van der Waals surface area contributed by atoms with Crippen molar-refractivity contribution in [3.05, 3.63) is 40.2 Å². The normalized spacial score (nSPS) is 11.7. The van der Waals surface area contributed by atoms with Gasteiger partial charge in [0.15, 0.2) is 0 Å². The largest absolute Gasteiger partial charge is 0.497 e. The monoisotopic (exact) mass is 296 g/mol. The van der Waals surface area contributed by atoms with Crippen molar-refractivity contribution in [1.29, 1.82) is 0 Å². The first kappa shape index (κ1) is 14.5. The predicted molar refractivity (Wildman–Crippen MR) is 77.4 cm³/mol. The summed E-state index contributed by atoms with van der Waals surface area (Å²) in [6.45, 7) is 1.51. The Bertz CT molecular complexity index is 781. The SMILES string of the molecule is CCS(=O)(=O)NCc1cc2cc(OC)ccc2[nH]c1=O. The fourth-order valence-corrected chi connectivity index (χ4v) is 2.36. The number of nitrogens with one attached hydrogen (secondary N) is 2. The van der Waals surface area contributed by atoms with Crippen LogP contribution in [-0.4, -0.2) is 26.3 Å². The van der Waals surface area contributed by atoms with E-state index in [-0.39, 0.29) is 17.9 Å². The molecule has 0 fully saturated rings. The van der Waals surface area contributed by atoms with Crippen molar-refractivity contribution in [1.82, 2.24) is 9.71 Å². The lowest BCUT2D eigenvalue weighted by Gasteiger charge is -2.06. The van der Waals surface area contributed by atoms with Crippen molar-refractivity contribution in [2.24, 2.45) is 0 Å². The summed E-state index contributed by atoms with van der Waals surface area (Å²) in [6, 6.07) is 6.94. The van der Waals surface area contributed by atoms with Crippen molar-refractivity contribution in [2.75, 3.05) is 12.9 Å². The van der Waals surface area contributed by atoms with Crippen LogP contribution >= 0.6 is 0 Å². The number of ether oxygens (including phenoxy) is 1. The summed E-state index contributed by atoms with van der Waals surface area (Å²) in [6.07, 6.45) is 0. The number of aromatic nitrogens is 1. The number of benzene rings is 1. The van der Waals surface area contributed by atoms with E-state index in [1.54, 1.807) is 31.4 Å². The fourth-order valence-electron chi connectivity index (χ4n) is 1.78. The molecule has 0 saturated heterocycles. The lowest BCUT2D eigenvalue weighted by atomic mass is 10.1. The van der Waals surface area contributed by atoms with Crippen LogP contribution in [0.1, 0.15) is 12.5 Å². The number of hydrogen-bond acceptors (Lipinski definition) is 4. The zero-order valence-electron chi connectivity index (χ0n) is 11.3. The maximum Gasteiger partial charge on any atom is 0.252 e. The molecule has 0 aliphatic carbocycles. The van der Waals surface area contributed by atoms with E-state index in [1.807, 2.05) is 0 Å². The second kappa shape index (κ2) is 5.64. The summed E-state index contributed by atoms with van der Waals surface area (Å²) < 4.78 is 30.3. The summed E-state index contributed by atoms with van der Waals surface area (Å²) >= 11 is 0. The number of methoxy groups -OCH3 is 1. The van der Waals surface area contributed by atoms with E-state index in [1.165, 1.54) is 6.92 Å². The smallest absolute Gasteiger partial charge is 0.252 e. The topological polar surface area (TPSA) is 88.3 Å². The Morgan fingerprint density at radius 3 is 2.70 bits per heavy atom. The minimum atomic E-state index is -3.33. The summed E-state index contributed by atoms with van der Waals surface area (Å²) in [5, 5.41) is 0.787. The molecule has 0 aliphatic rings. The second-order valence-electron chi connectivity index (χ2n) is 4.30. The highest BCUT2D eigenvalue weighted by Crippen LogP contribution is 2.18. The molecule has 108 valence electrons. The van der Waals surface area contributed by atoms with E-state index < -0.39 is 10.0 Å². The Balaban J connectivity index is 2.38. The molecular formula is C13H16N2O4S. The van der Waals surface area contributed by atoms with E-state index >= 15 is 0 Å². The third-order valence-corrected chi connectivity index (χ3v) is 4.34. The van der Waals surface area contributed by atoms with Gasteiger partial charge >= 0.3 is 0 Å². The first-order valence-electron chi connectivity index (χ1n) is 6.12. The van der Waals surface area contributed by atoms with Crippen molar-refractivity contribution in [3.8, 4) is 5.75 Å². The molecule has 1 aromatic heterocycles. The molecule has 0 amide bonds. The zero-order chi connectivity index (χ0) is 14.8. The molecule has 0 spiro atoms. The minimum absolute atomic E-state index is 0.0215. The first-order chi connectivity index (χ1) is 9.45. The number of pyridine rings is 1. The summed E-state index contributed by atoms with van der Waals surface area (Å²) in [5.74, 6) is 0.649. The Hall–Kier alpha value is -1.86. The van der Waals surface area contributed by atoms with Crippen LogP contribution in [0, 0.1) is 0 Å². The van der Waals surface area contributed by atoms with Gasteiger partial charge in [-0.3, -0.25) is 4.79 Å². The molecule has 0 aliphatic heterocycles. The van der Waals surface area contributed by atoms with Crippen LogP contribution in [0.15, 0.2) is 29.1 Å². The Labute approximate surface area is 116 Å². The van der Waals surface area contributed by atoms with E-state index in [9.17, 15) is 13.2 Å². The maximum absolute atomic E-state index is 11.9. The van der Waals surface area contributed by atoms with Crippen LogP contribution in [0.3, 0.4) is 0 Å². The van der Waals surface area contributed by atoms with Crippen molar-refractivity contribution in [2.45, 2.75) is 13.5 Å². The Kier molecular flexibility index (Phi) is 4.10. The van der Waals surface area contributed by atoms with Gasteiger partial charge in [-0.15, -0.1) is 0 Å². The molecule has 6 nitrogen and oxygen atoms in total. The summed E-state index contributed by atoms with van der Waals surface area (Å²) in [5.41, 5.74) is 0.738. The van der Waals surface area contributed by atoms with Gasteiger partial charge in [0.25, 0.3) is 5.56 Å². The van der Waals surface area contributed by atoms with Crippen LogP contribution in [-0.2, 0) is 16.6 Å². The van der Waals surface area contributed by atoms with Crippen LogP contribution in [0.5, 0.6) is 5.75 Å². The Morgan fingerprint density at radius 1 is 1.30 bits per heavy atom. The molecule has 0 saturated carbocycles. The average molecular weight is 296 g/mol. The molecule has 0 unspecified atom stereocenters. The molecular weight excluding hydrogens is 280 g/mol. The van der Waals surface area contributed by atoms with Gasteiger partial charge in [0.05, 0.1) is 12.9 Å². The van der Waals surface area contributed by atoms with Crippen LogP contribution < -0.4 is 15.0 Å². The zero-order valence-corrected chi connectivity index (χ0v) is 12.1. The Morgan fingerprint density at radius 2 is 2.05 bits per heavy atom. The van der Waals surface area contributed by atoms with Crippen LogP contribution in [0.2, 0.25) is 0 Å². The molecule has 2 rings (SSSR count). The molecule has 20 heavy (non-hydrogen) atoms. The fraction of sp³-hybridized carbons (Fsp3) is 0.308. The standard InChI is InChI=1S/C13H16N2O4S/c1-3-20(17,18)14-8-10-6-9-7-11(19-2)4-5-12(9)15-13(10)16/h4-7,14H,3,8H2,1-2H3,(H,15,16). The lowest BCUT2D eigenvalue weighted by molar-refractivity contribution is 0.415. The molecule has 0 radical (unpaired) electrons. The number of rotatable bonds is 5. The van der Waals surface area contributed by atoms with E-state index in [2.05, 4.69) is 9.71 Å². The highest BCUT2D eigenvalue weighted by Gasteiger charge is 2.09. The molecule has 0 atom stereocenters. The molecule has 2 aromatic rings. The van der Waals surface area contributed by atoms with Gasteiger partial charge in [0.2, 0.25) is 10.0 Å².